The highest BCUT2D eigenvalue weighted by atomic mass is 35.5. The molecule has 0 aliphatic rings. The number of aliphatic carboxylic acids is 1. The molecule has 0 rings (SSSR count). The van der Waals surface area contributed by atoms with Gasteiger partial charge in [-0.15, -0.1) is 0 Å². The molecule has 0 heterocycles. The average Bonchev–Trinajstić information content (AvgIpc) is 2.37. The van der Waals surface area contributed by atoms with Crippen molar-refractivity contribution in [2.24, 2.45) is 5.73 Å². The Kier molecular flexibility index (Phi) is 16.8. The van der Waals surface area contributed by atoms with Gasteiger partial charge in [-0.3, -0.25) is 0 Å². The molecule has 0 amide bonds. The maximum atomic E-state index is 10.0. The van der Waals surface area contributed by atoms with E-state index in [4.69, 9.17) is 37.5 Å². The number of esters is 1. The minimum atomic E-state index is -2.17. The van der Waals surface area contributed by atoms with Crippen LogP contribution in [0.2, 0.25) is 0 Å². The van der Waals surface area contributed by atoms with E-state index in [1.165, 1.54) is 6.92 Å². The smallest absolute Gasteiger partial charge is 0.473 e. The second-order valence-electron chi connectivity index (χ2n) is 4.02. The van der Waals surface area contributed by atoms with Crippen LogP contribution in [0.25, 0.3) is 0 Å². The fourth-order valence-corrected chi connectivity index (χ4v) is 1.03. The molecule has 0 bridgehead atoms. The SMILES string of the molecule is CC(Cl)OC(=O)C(=O)O.CCC(N)(CC)CC.OB(O)O. The molecular formula is C11H25BClNO7. The Morgan fingerprint density at radius 1 is 1.19 bits per heavy atom. The van der Waals surface area contributed by atoms with Gasteiger partial charge in [-0.1, -0.05) is 32.4 Å². The first kappa shape index (κ1) is 25.1. The lowest BCUT2D eigenvalue weighted by atomic mass is 9.92. The molecule has 0 aliphatic carbocycles. The lowest BCUT2D eigenvalue weighted by molar-refractivity contribution is -0.164. The lowest BCUT2D eigenvalue weighted by Crippen LogP contribution is -2.37. The van der Waals surface area contributed by atoms with Crippen LogP contribution in [0, 0.1) is 0 Å². The summed E-state index contributed by atoms with van der Waals surface area (Å²) in [7, 11) is -2.17. The van der Waals surface area contributed by atoms with Gasteiger partial charge < -0.3 is 30.6 Å². The van der Waals surface area contributed by atoms with Crippen LogP contribution in [-0.2, 0) is 14.3 Å². The summed E-state index contributed by atoms with van der Waals surface area (Å²) in [5, 5.41) is 29.4. The molecule has 6 N–H and O–H groups in total. The number of carbonyl (C=O) groups is 2. The van der Waals surface area contributed by atoms with Crippen molar-refractivity contribution in [2.75, 3.05) is 0 Å². The van der Waals surface area contributed by atoms with E-state index >= 15 is 0 Å². The number of halogens is 1. The van der Waals surface area contributed by atoms with Crippen molar-refractivity contribution < 1.29 is 34.5 Å². The Hall–Kier alpha value is -0.865. The summed E-state index contributed by atoms with van der Waals surface area (Å²) < 4.78 is 4.04. The molecule has 0 aliphatic heterocycles. The van der Waals surface area contributed by atoms with Gasteiger partial charge in [0, 0.05) is 5.54 Å². The maximum absolute atomic E-state index is 10.0. The Labute approximate surface area is 130 Å². The quantitative estimate of drug-likeness (QED) is 0.210. The van der Waals surface area contributed by atoms with Gasteiger partial charge in [0.05, 0.1) is 0 Å². The van der Waals surface area contributed by atoms with Crippen LogP contribution in [-0.4, -0.2) is 50.5 Å². The van der Waals surface area contributed by atoms with Crippen molar-refractivity contribution >= 4 is 30.9 Å². The molecule has 0 aromatic rings. The first-order valence-corrected chi connectivity index (χ1v) is 6.80. The van der Waals surface area contributed by atoms with Gasteiger partial charge in [0.25, 0.3) is 0 Å². The predicted molar refractivity (Wildman–Crippen MR) is 79.2 cm³/mol. The number of hydrogen-bond donors (Lipinski definition) is 5. The highest BCUT2D eigenvalue weighted by Gasteiger charge is 2.15. The molecule has 21 heavy (non-hydrogen) atoms. The minimum absolute atomic E-state index is 0.125. The summed E-state index contributed by atoms with van der Waals surface area (Å²) >= 11 is 5.11. The lowest BCUT2D eigenvalue weighted by Gasteiger charge is -2.23. The van der Waals surface area contributed by atoms with Crippen LogP contribution in [0.3, 0.4) is 0 Å². The predicted octanol–water partition coefficient (Wildman–Crippen LogP) is 0.0611. The van der Waals surface area contributed by atoms with Crippen LogP contribution in [0.4, 0.5) is 0 Å². The first-order chi connectivity index (χ1) is 9.45. The highest BCUT2D eigenvalue weighted by Crippen LogP contribution is 2.14. The molecule has 1 unspecified atom stereocenters. The van der Waals surface area contributed by atoms with E-state index in [0.717, 1.165) is 19.3 Å². The van der Waals surface area contributed by atoms with E-state index in [2.05, 4.69) is 25.5 Å². The average molecular weight is 330 g/mol. The van der Waals surface area contributed by atoms with Crippen LogP contribution < -0.4 is 5.73 Å². The summed E-state index contributed by atoms with van der Waals surface area (Å²) in [6, 6.07) is 0. The number of alkyl halides is 1. The number of nitrogens with two attached hydrogens (primary N) is 1. The van der Waals surface area contributed by atoms with Gasteiger partial charge in [0.15, 0.2) is 5.56 Å². The number of carboxylic acid groups (broad SMARTS) is 1. The Bertz CT molecular complexity index is 275. The van der Waals surface area contributed by atoms with Crippen molar-refractivity contribution in [3.8, 4) is 0 Å². The summed E-state index contributed by atoms with van der Waals surface area (Å²) in [4.78, 5) is 19.7. The zero-order valence-electron chi connectivity index (χ0n) is 12.7. The maximum Gasteiger partial charge on any atom is 0.631 e. The van der Waals surface area contributed by atoms with Crippen molar-refractivity contribution in [3.63, 3.8) is 0 Å². The summed E-state index contributed by atoms with van der Waals surface area (Å²) in [6.07, 6.45) is 3.29. The largest absolute Gasteiger partial charge is 0.631 e. The first-order valence-electron chi connectivity index (χ1n) is 6.36. The van der Waals surface area contributed by atoms with E-state index in [1.54, 1.807) is 0 Å². The number of ether oxygens (including phenoxy) is 1. The highest BCUT2D eigenvalue weighted by molar-refractivity contribution is 6.30. The number of hydrogen-bond acceptors (Lipinski definition) is 7. The monoisotopic (exact) mass is 329 g/mol. The fraction of sp³-hybridized carbons (Fsp3) is 0.818. The zero-order valence-corrected chi connectivity index (χ0v) is 13.5. The Balaban J connectivity index is -0.000000249. The Morgan fingerprint density at radius 2 is 1.48 bits per heavy atom. The molecule has 0 radical (unpaired) electrons. The zero-order chi connectivity index (χ0) is 17.6. The molecule has 1 atom stereocenters. The molecule has 0 aromatic heterocycles. The fourth-order valence-electron chi connectivity index (χ4n) is 0.948. The molecule has 0 saturated carbocycles. The number of carbonyl (C=O) groups excluding carboxylic acids is 1. The van der Waals surface area contributed by atoms with E-state index < -0.39 is 24.8 Å². The van der Waals surface area contributed by atoms with Gasteiger partial charge in [-0.05, 0) is 26.2 Å². The third-order valence-electron chi connectivity index (χ3n) is 2.56. The van der Waals surface area contributed by atoms with E-state index in [-0.39, 0.29) is 5.54 Å². The third kappa shape index (κ3) is 21.6. The topological polar surface area (TPSA) is 150 Å². The van der Waals surface area contributed by atoms with E-state index in [1.807, 2.05) is 0 Å². The molecule has 0 saturated heterocycles. The third-order valence-corrected chi connectivity index (χ3v) is 2.65. The van der Waals surface area contributed by atoms with Gasteiger partial charge in [-0.2, -0.15) is 0 Å². The van der Waals surface area contributed by atoms with Crippen molar-refractivity contribution in [3.05, 3.63) is 0 Å². The summed E-state index contributed by atoms with van der Waals surface area (Å²) in [5.74, 6) is -2.97. The summed E-state index contributed by atoms with van der Waals surface area (Å²) in [5.41, 5.74) is 5.13. The van der Waals surface area contributed by atoms with Crippen molar-refractivity contribution in [1.29, 1.82) is 0 Å². The number of carboxylic acids is 1. The molecule has 8 nitrogen and oxygen atoms in total. The normalized spacial score (nSPS) is 11.1. The van der Waals surface area contributed by atoms with Crippen molar-refractivity contribution in [1.82, 2.24) is 0 Å². The van der Waals surface area contributed by atoms with Crippen LogP contribution in [0.5, 0.6) is 0 Å². The summed E-state index contributed by atoms with van der Waals surface area (Å²) in [6.45, 7) is 7.79. The van der Waals surface area contributed by atoms with Crippen LogP contribution in [0.1, 0.15) is 47.0 Å². The van der Waals surface area contributed by atoms with Crippen LogP contribution >= 0.6 is 11.6 Å². The van der Waals surface area contributed by atoms with E-state index in [9.17, 15) is 9.59 Å². The molecule has 126 valence electrons. The van der Waals surface area contributed by atoms with Crippen LogP contribution in [0.15, 0.2) is 0 Å². The van der Waals surface area contributed by atoms with Gasteiger partial charge in [0.1, 0.15) is 0 Å². The number of rotatable bonds is 4. The molecule has 0 spiro atoms. The van der Waals surface area contributed by atoms with Crippen molar-refractivity contribution in [2.45, 2.75) is 58.1 Å². The second kappa shape index (κ2) is 14.1. The molecule has 0 aromatic carbocycles. The second-order valence-corrected chi connectivity index (χ2v) is 4.64. The molecule has 10 heteroatoms. The van der Waals surface area contributed by atoms with Gasteiger partial charge in [-0.25, -0.2) is 9.59 Å². The Morgan fingerprint density at radius 3 is 1.52 bits per heavy atom. The van der Waals surface area contributed by atoms with Gasteiger partial charge >= 0.3 is 19.3 Å². The van der Waals surface area contributed by atoms with Gasteiger partial charge in [0.2, 0.25) is 0 Å². The molecule has 0 fully saturated rings. The standard InChI is InChI=1S/C7H17N.C4H5ClO4.BH3O3/c1-4-7(8,5-2)6-3;1-2(5)9-4(8)3(6)7;2-1(3)4/h4-6,8H2,1-3H3;2H,1H3,(H,6,7);2-4H. The van der Waals surface area contributed by atoms with E-state index in [0.29, 0.717) is 0 Å². The molecular weight excluding hydrogens is 304 g/mol. The minimum Gasteiger partial charge on any atom is -0.473 e.